The first-order chi connectivity index (χ1) is 12.6. The Kier molecular flexibility index (Phi) is 4.87. The zero-order chi connectivity index (χ0) is 18.5. The fourth-order valence-electron chi connectivity index (χ4n) is 2.57. The van der Waals surface area contributed by atoms with Gasteiger partial charge in [0.1, 0.15) is 18.0 Å². The van der Waals surface area contributed by atoms with Crippen molar-refractivity contribution in [3.63, 3.8) is 0 Å². The van der Waals surface area contributed by atoms with E-state index in [-0.39, 0.29) is 6.61 Å². The van der Waals surface area contributed by atoms with E-state index in [0.717, 1.165) is 22.2 Å². The Morgan fingerprint density at radius 3 is 2.77 bits per heavy atom. The first-order valence-electron chi connectivity index (χ1n) is 7.91. The molecule has 1 N–H and O–H groups in total. The lowest BCUT2D eigenvalue weighted by atomic mass is 10.1. The normalized spacial score (nSPS) is 11.0. The number of fused-ring (bicyclic) bond motifs is 1. The highest BCUT2D eigenvalue weighted by Crippen LogP contribution is 2.29. The molecule has 1 heterocycles. The summed E-state index contributed by atoms with van der Waals surface area (Å²) in [5.74, 6) is 1.48. The van der Waals surface area contributed by atoms with Crippen LogP contribution in [0.4, 0.5) is 0 Å². The van der Waals surface area contributed by atoms with Crippen molar-refractivity contribution in [3.05, 3.63) is 53.3 Å². The van der Waals surface area contributed by atoms with Crippen molar-refractivity contribution in [1.82, 2.24) is 9.97 Å². The second kappa shape index (κ2) is 7.42. The predicted molar refractivity (Wildman–Crippen MR) is 98.4 cm³/mol. The quantitative estimate of drug-likeness (QED) is 0.709. The summed E-state index contributed by atoms with van der Waals surface area (Å²) >= 11 is 0. The summed E-state index contributed by atoms with van der Waals surface area (Å²) in [4.78, 5) is 7.67. The van der Waals surface area contributed by atoms with Crippen LogP contribution in [-0.4, -0.2) is 23.7 Å². The van der Waals surface area contributed by atoms with Crippen molar-refractivity contribution in [2.24, 2.45) is 0 Å². The summed E-state index contributed by atoms with van der Waals surface area (Å²) < 4.78 is 10.6. The number of hydrogen-bond acceptors (Lipinski definition) is 5. The van der Waals surface area contributed by atoms with E-state index in [0.29, 0.717) is 22.9 Å². The van der Waals surface area contributed by atoms with Crippen LogP contribution in [0.25, 0.3) is 22.7 Å². The number of imidazole rings is 1. The number of nitriles is 2. The SMILES string of the molecule is COc1cc(C=C(C#N)c2nc3ccc(C)cc3[nH]2)ccc1OCC#N. The van der Waals surface area contributed by atoms with Crippen molar-refractivity contribution in [2.45, 2.75) is 6.92 Å². The Bertz CT molecular complexity index is 1070. The van der Waals surface area contributed by atoms with Crippen LogP contribution in [0.3, 0.4) is 0 Å². The molecule has 0 unspecified atom stereocenters. The highest BCUT2D eigenvalue weighted by Gasteiger charge is 2.10. The Morgan fingerprint density at radius 1 is 1.19 bits per heavy atom. The van der Waals surface area contributed by atoms with Gasteiger partial charge in [-0.15, -0.1) is 0 Å². The van der Waals surface area contributed by atoms with Crippen LogP contribution >= 0.6 is 0 Å². The van der Waals surface area contributed by atoms with Crippen LogP contribution in [0.2, 0.25) is 0 Å². The molecule has 6 heteroatoms. The molecule has 2 aromatic carbocycles. The highest BCUT2D eigenvalue weighted by atomic mass is 16.5. The van der Waals surface area contributed by atoms with Crippen molar-refractivity contribution in [1.29, 1.82) is 10.5 Å². The molecule has 6 nitrogen and oxygen atoms in total. The minimum Gasteiger partial charge on any atom is -0.493 e. The molecule has 0 aliphatic heterocycles. The van der Waals surface area contributed by atoms with Gasteiger partial charge in [0.2, 0.25) is 0 Å². The molecule has 1 aromatic heterocycles. The molecule has 26 heavy (non-hydrogen) atoms. The van der Waals surface area contributed by atoms with Crippen LogP contribution in [0.1, 0.15) is 17.0 Å². The zero-order valence-electron chi connectivity index (χ0n) is 14.4. The summed E-state index contributed by atoms with van der Waals surface area (Å²) in [6, 6.07) is 15.2. The van der Waals surface area contributed by atoms with E-state index in [1.54, 1.807) is 24.3 Å². The van der Waals surface area contributed by atoms with E-state index in [9.17, 15) is 5.26 Å². The average Bonchev–Trinajstić information content (AvgIpc) is 3.07. The molecule has 3 aromatic rings. The van der Waals surface area contributed by atoms with Crippen LogP contribution < -0.4 is 9.47 Å². The summed E-state index contributed by atoms with van der Waals surface area (Å²) in [5, 5.41) is 18.2. The molecule has 128 valence electrons. The smallest absolute Gasteiger partial charge is 0.174 e. The van der Waals surface area contributed by atoms with Gasteiger partial charge >= 0.3 is 0 Å². The fraction of sp³-hybridized carbons (Fsp3) is 0.150. The number of allylic oxidation sites excluding steroid dienone is 1. The zero-order valence-corrected chi connectivity index (χ0v) is 14.4. The summed E-state index contributed by atoms with van der Waals surface area (Å²) in [7, 11) is 1.52. The second-order valence-corrected chi connectivity index (χ2v) is 5.63. The molecule has 0 saturated heterocycles. The number of nitrogens with one attached hydrogen (secondary N) is 1. The summed E-state index contributed by atoms with van der Waals surface area (Å²) in [5.41, 5.74) is 3.99. The van der Waals surface area contributed by atoms with Gasteiger partial charge in [-0.3, -0.25) is 0 Å². The molecule has 0 spiro atoms. The maximum Gasteiger partial charge on any atom is 0.174 e. The number of hydrogen-bond donors (Lipinski definition) is 1. The third-order valence-corrected chi connectivity index (χ3v) is 3.80. The number of aryl methyl sites for hydroxylation is 1. The standard InChI is InChI=1S/C20H16N4O2/c1-13-3-5-16-17(9-13)24-20(23-16)15(12-22)10-14-4-6-18(26-8-7-21)19(11-14)25-2/h3-6,9-11H,8H2,1-2H3,(H,23,24). The van der Waals surface area contributed by atoms with E-state index in [1.165, 1.54) is 7.11 Å². The summed E-state index contributed by atoms with van der Waals surface area (Å²) in [6.45, 7) is 1.94. The number of benzene rings is 2. The molecule has 0 bridgehead atoms. The molecule has 0 aliphatic rings. The molecule has 0 amide bonds. The topological polar surface area (TPSA) is 94.7 Å². The van der Waals surface area contributed by atoms with Gasteiger partial charge in [-0.1, -0.05) is 12.1 Å². The van der Waals surface area contributed by atoms with E-state index in [2.05, 4.69) is 16.0 Å². The van der Waals surface area contributed by atoms with Crippen molar-refractivity contribution < 1.29 is 9.47 Å². The average molecular weight is 344 g/mol. The van der Waals surface area contributed by atoms with Crippen LogP contribution in [0.5, 0.6) is 11.5 Å². The van der Waals surface area contributed by atoms with E-state index >= 15 is 0 Å². The number of aromatic nitrogens is 2. The summed E-state index contributed by atoms with van der Waals surface area (Å²) in [6.07, 6.45) is 1.72. The molecule has 0 radical (unpaired) electrons. The largest absolute Gasteiger partial charge is 0.493 e. The Morgan fingerprint density at radius 2 is 2.04 bits per heavy atom. The van der Waals surface area contributed by atoms with Gasteiger partial charge in [0.25, 0.3) is 0 Å². The highest BCUT2D eigenvalue weighted by molar-refractivity contribution is 5.90. The number of ether oxygens (including phenoxy) is 2. The van der Waals surface area contributed by atoms with Crippen molar-refractivity contribution >= 4 is 22.7 Å². The minimum absolute atomic E-state index is 0.0621. The lowest BCUT2D eigenvalue weighted by molar-refractivity contribution is 0.329. The minimum atomic E-state index is -0.0621. The lowest BCUT2D eigenvalue weighted by Gasteiger charge is -2.09. The number of methoxy groups -OCH3 is 1. The number of aromatic amines is 1. The van der Waals surface area contributed by atoms with Crippen LogP contribution in [0, 0.1) is 29.6 Å². The molecular formula is C20H16N4O2. The van der Waals surface area contributed by atoms with Gasteiger partial charge in [-0.25, -0.2) is 4.98 Å². The van der Waals surface area contributed by atoms with Crippen LogP contribution in [-0.2, 0) is 0 Å². The molecular weight excluding hydrogens is 328 g/mol. The number of H-pyrrole nitrogens is 1. The van der Waals surface area contributed by atoms with E-state index in [1.807, 2.05) is 31.2 Å². The third kappa shape index (κ3) is 3.50. The Balaban J connectivity index is 1.98. The van der Waals surface area contributed by atoms with Crippen LogP contribution in [0.15, 0.2) is 36.4 Å². The van der Waals surface area contributed by atoms with E-state index < -0.39 is 0 Å². The van der Waals surface area contributed by atoms with Crippen molar-refractivity contribution in [3.8, 4) is 23.6 Å². The van der Waals surface area contributed by atoms with Gasteiger partial charge < -0.3 is 14.5 Å². The predicted octanol–water partition coefficient (Wildman–Crippen LogP) is 3.85. The fourth-order valence-corrected chi connectivity index (χ4v) is 2.57. The first-order valence-corrected chi connectivity index (χ1v) is 7.91. The van der Waals surface area contributed by atoms with Gasteiger partial charge in [0.05, 0.1) is 23.7 Å². The van der Waals surface area contributed by atoms with Gasteiger partial charge in [-0.05, 0) is 48.4 Å². The first kappa shape index (κ1) is 17.1. The maximum absolute atomic E-state index is 9.55. The monoisotopic (exact) mass is 344 g/mol. The second-order valence-electron chi connectivity index (χ2n) is 5.63. The Labute approximate surface area is 150 Å². The molecule has 0 fully saturated rings. The lowest BCUT2D eigenvalue weighted by Crippen LogP contribution is -1.97. The molecule has 0 atom stereocenters. The maximum atomic E-state index is 9.55. The number of nitrogens with zero attached hydrogens (tertiary/aromatic N) is 3. The van der Waals surface area contributed by atoms with Gasteiger partial charge in [0, 0.05) is 0 Å². The van der Waals surface area contributed by atoms with Gasteiger partial charge in [0.15, 0.2) is 18.1 Å². The number of rotatable bonds is 5. The Hall–Kier alpha value is -3.77. The van der Waals surface area contributed by atoms with Gasteiger partial charge in [-0.2, -0.15) is 10.5 Å². The van der Waals surface area contributed by atoms with Crippen molar-refractivity contribution in [2.75, 3.05) is 13.7 Å². The molecule has 3 rings (SSSR count). The third-order valence-electron chi connectivity index (χ3n) is 3.80. The molecule has 0 saturated carbocycles. The van der Waals surface area contributed by atoms with E-state index in [4.69, 9.17) is 14.7 Å². The molecule has 0 aliphatic carbocycles.